The van der Waals surface area contributed by atoms with E-state index in [9.17, 15) is 14.7 Å². The number of halogens is 1. The van der Waals surface area contributed by atoms with E-state index in [1.165, 1.54) is 0 Å². The minimum Gasteiger partial charge on any atom is -0.392 e. The summed E-state index contributed by atoms with van der Waals surface area (Å²) in [6.45, 7) is 1.77. The van der Waals surface area contributed by atoms with Crippen molar-refractivity contribution >= 4 is 23.4 Å². The zero-order valence-electron chi connectivity index (χ0n) is 12.0. The van der Waals surface area contributed by atoms with Gasteiger partial charge in [0.15, 0.2) is 0 Å². The van der Waals surface area contributed by atoms with Gasteiger partial charge in [-0.15, -0.1) is 0 Å². The van der Waals surface area contributed by atoms with Crippen LogP contribution in [0.3, 0.4) is 0 Å². The number of nitrogens with zero attached hydrogens (tertiary/aromatic N) is 1. The van der Waals surface area contributed by atoms with Crippen molar-refractivity contribution in [1.82, 2.24) is 10.2 Å². The Morgan fingerprint density at radius 2 is 2.29 bits per heavy atom. The molecule has 0 aromatic heterocycles. The maximum Gasteiger partial charge on any atom is 0.226 e. The molecule has 114 valence electrons. The van der Waals surface area contributed by atoms with Crippen molar-refractivity contribution in [3.63, 3.8) is 0 Å². The number of amides is 2. The molecular weight excluding hydrogens is 292 g/mol. The van der Waals surface area contributed by atoms with Crippen molar-refractivity contribution in [3.8, 4) is 0 Å². The first kappa shape index (κ1) is 15.8. The number of aliphatic hydroxyl groups is 1. The van der Waals surface area contributed by atoms with Gasteiger partial charge in [0.05, 0.1) is 18.1 Å². The normalized spacial score (nSPS) is 23.2. The Bertz CT molecular complexity index is 547. The highest BCUT2D eigenvalue weighted by Gasteiger charge is 2.42. The molecule has 0 bridgehead atoms. The van der Waals surface area contributed by atoms with Crippen molar-refractivity contribution in [2.75, 3.05) is 13.6 Å². The standard InChI is InChI=1S/C15H19ClN2O3/c1-9(19)8-17-15(21)12-7-13(20)18(2)14(12)10-4-3-5-11(16)6-10/h3-6,9,12,14,19H,7-8H2,1-2H3,(H,17,21). The van der Waals surface area contributed by atoms with Crippen molar-refractivity contribution in [3.05, 3.63) is 34.9 Å². The van der Waals surface area contributed by atoms with E-state index in [4.69, 9.17) is 11.6 Å². The highest BCUT2D eigenvalue weighted by molar-refractivity contribution is 6.30. The zero-order chi connectivity index (χ0) is 15.6. The molecule has 2 amide bonds. The van der Waals surface area contributed by atoms with Gasteiger partial charge in [-0.25, -0.2) is 0 Å². The van der Waals surface area contributed by atoms with Crippen LogP contribution in [0.15, 0.2) is 24.3 Å². The zero-order valence-corrected chi connectivity index (χ0v) is 12.8. The molecule has 1 heterocycles. The molecule has 0 spiro atoms. The van der Waals surface area contributed by atoms with Crippen molar-refractivity contribution in [2.45, 2.75) is 25.5 Å². The predicted molar refractivity (Wildman–Crippen MR) is 79.8 cm³/mol. The van der Waals surface area contributed by atoms with Crippen LogP contribution in [-0.4, -0.2) is 41.5 Å². The Morgan fingerprint density at radius 3 is 2.90 bits per heavy atom. The summed E-state index contributed by atoms with van der Waals surface area (Å²) >= 11 is 6.00. The second-order valence-corrected chi connectivity index (χ2v) is 5.85. The largest absolute Gasteiger partial charge is 0.392 e. The fraction of sp³-hybridized carbons (Fsp3) is 0.467. The quantitative estimate of drug-likeness (QED) is 0.882. The predicted octanol–water partition coefficient (Wildman–Crippen LogP) is 1.36. The SMILES string of the molecule is CC(O)CNC(=O)C1CC(=O)N(C)C1c1cccc(Cl)c1. The Morgan fingerprint density at radius 1 is 1.57 bits per heavy atom. The summed E-state index contributed by atoms with van der Waals surface area (Å²) in [5, 5.41) is 12.5. The van der Waals surface area contributed by atoms with Crippen LogP contribution in [0.5, 0.6) is 0 Å². The number of carbonyl (C=O) groups is 2. The van der Waals surface area contributed by atoms with Gasteiger partial charge in [-0.3, -0.25) is 9.59 Å². The van der Waals surface area contributed by atoms with Crippen LogP contribution in [0.4, 0.5) is 0 Å². The molecule has 0 aliphatic carbocycles. The summed E-state index contributed by atoms with van der Waals surface area (Å²) in [6.07, 6.45) is -0.451. The third kappa shape index (κ3) is 3.54. The number of nitrogens with one attached hydrogen (secondary N) is 1. The first-order valence-corrected chi connectivity index (χ1v) is 7.25. The number of benzene rings is 1. The van der Waals surface area contributed by atoms with Crippen LogP contribution in [0.25, 0.3) is 0 Å². The van der Waals surface area contributed by atoms with Gasteiger partial charge in [0.2, 0.25) is 11.8 Å². The molecular formula is C15H19ClN2O3. The third-order valence-corrected chi connectivity index (χ3v) is 3.92. The van der Waals surface area contributed by atoms with Gasteiger partial charge in [-0.2, -0.15) is 0 Å². The average molecular weight is 311 g/mol. The van der Waals surface area contributed by atoms with Gasteiger partial charge in [-0.1, -0.05) is 23.7 Å². The number of likely N-dealkylation sites (tertiary alicyclic amines) is 1. The van der Waals surface area contributed by atoms with Crippen LogP contribution < -0.4 is 5.32 Å². The van der Waals surface area contributed by atoms with Gasteiger partial charge in [-0.05, 0) is 24.6 Å². The van der Waals surface area contributed by atoms with E-state index >= 15 is 0 Å². The Balaban J connectivity index is 2.23. The van der Waals surface area contributed by atoms with E-state index in [0.29, 0.717) is 5.02 Å². The summed E-state index contributed by atoms with van der Waals surface area (Å²) in [4.78, 5) is 25.8. The average Bonchev–Trinajstić information content (AvgIpc) is 2.72. The Hall–Kier alpha value is -1.59. The molecule has 21 heavy (non-hydrogen) atoms. The Labute approximate surface area is 128 Å². The highest BCUT2D eigenvalue weighted by Crippen LogP contribution is 2.37. The summed E-state index contributed by atoms with van der Waals surface area (Å²) in [5.74, 6) is -0.768. The molecule has 1 aromatic rings. The van der Waals surface area contributed by atoms with E-state index in [0.717, 1.165) is 5.56 Å². The molecule has 2 rings (SSSR count). The van der Waals surface area contributed by atoms with Crippen LogP contribution in [-0.2, 0) is 9.59 Å². The third-order valence-electron chi connectivity index (χ3n) is 3.68. The number of hydrogen-bond acceptors (Lipinski definition) is 3. The number of rotatable bonds is 4. The lowest BCUT2D eigenvalue weighted by Crippen LogP contribution is -2.37. The van der Waals surface area contributed by atoms with Crippen LogP contribution in [0, 0.1) is 5.92 Å². The lowest BCUT2D eigenvalue weighted by molar-refractivity contribution is -0.128. The van der Waals surface area contributed by atoms with Crippen molar-refractivity contribution < 1.29 is 14.7 Å². The second kappa shape index (κ2) is 6.45. The van der Waals surface area contributed by atoms with Gasteiger partial charge in [0, 0.05) is 25.0 Å². The van der Waals surface area contributed by atoms with Crippen LogP contribution in [0.2, 0.25) is 5.02 Å². The maximum absolute atomic E-state index is 12.3. The molecule has 5 nitrogen and oxygen atoms in total. The molecule has 3 atom stereocenters. The Kier molecular flexibility index (Phi) is 4.85. The molecule has 1 fully saturated rings. The molecule has 1 aliphatic heterocycles. The fourth-order valence-electron chi connectivity index (χ4n) is 2.63. The lowest BCUT2D eigenvalue weighted by atomic mass is 9.93. The van der Waals surface area contributed by atoms with E-state index < -0.39 is 12.0 Å². The van der Waals surface area contributed by atoms with Gasteiger partial charge >= 0.3 is 0 Å². The van der Waals surface area contributed by atoms with E-state index in [2.05, 4.69) is 5.32 Å². The monoisotopic (exact) mass is 310 g/mol. The van der Waals surface area contributed by atoms with E-state index in [1.54, 1.807) is 37.1 Å². The molecule has 0 saturated carbocycles. The second-order valence-electron chi connectivity index (χ2n) is 5.41. The summed E-state index contributed by atoms with van der Waals surface area (Å²) < 4.78 is 0. The number of carbonyl (C=O) groups excluding carboxylic acids is 2. The van der Waals surface area contributed by atoms with Gasteiger partial charge in [0.1, 0.15) is 0 Å². The van der Waals surface area contributed by atoms with Crippen LogP contribution in [0.1, 0.15) is 24.9 Å². The molecule has 6 heteroatoms. The van der Waals surface area contributed by atoms with Crippen molar-refractivity contribution in [2.24, 2.45) is 5.92 Å². The molecule has 1 aromatic carbocycles. The van der Waals surface area contributed by atoms with Crippen LogP contribution >= 0.6 is 11.6 Å². The number of hydrogen-bond donors (Lipinski definition) is 2. The summed E-state index contributed by atoms with van der Waals surface area (Å²) in [5.41, 5.74) is 0.841. The summed E-state index contributed by atoms with van der Waals surface area (Å²) in [6, 6.07) is 6.87. The first-order chi connectivity index (χ1) is 9.90. The topological polar surface area (TPSA) is 69.6 Å². The minimum atomic E-state index is -0.617. The van der Waals surface area contributed by atoms with Crippen molar-refractivity contribution in [1.29, 1.82) is 0 Å². The smallest absolute Gasteiger partial charge is 0.226 e. The van der Waals surface area contributed by atoms with Gasteiger partial charge < -0.3 is 15.3 Å². The van der Waals surface area contributed by atoms with E-state index in [-0.39, 0.29) is 30.8 Å². The molecule has 1 aliphatic rings. The highest BCUT2D eigenvalue weighted by atomic mass is 35.5. The molecule has 3 unspecified atom stereocenters. The lowest BCUT2D eigenvalue weighted by Gasteiger charge is -2.25. The van der Waals surface area contributed by atoms with Gasteiger partial charge in [0.25, 0.3) is 0 Å². The molecule has 0 radical (unpaired) electrons. The first-order valence-electron chi connectivity index (χ1n) is 6.87. The summed E-state index contributed by atoms with van der Waals surface area (Å²) in [7, 11) is 1.69. The fourth-order valence-corrected chi connectivity index (χ4v) is 2.83. The maximum atomic E-state index is 12.3. The van der Waals surface area contributed by atoms with E-state index in [1.807, 2.05) is 6.07 Å². The molecule has 1 saturated heterocycles. The number of aliphatic hydroxyl groups excluding tert-OH is 1. The molecule has 2 N–H and O–H groups in total. The minimum absolute atomic E-state index is 0.0721.